The Kier molecular flexibility index (Phi) is 10.1. The van der Waals surface area contributed by atoms with E-state index in [0.717, 1.165) is 24.0 Å². The van der Waals surface area contributed by atoms with E-state index in [4.69, 9.17) is 32.4 Å². The summed E-state index contributed by atoms with van der Waals surface area (Å²) in [7, 11) is -2.88. The summed E-state index contributed by atoms with van der Waals surface area (Å²) >= 11 is 13.0. The number of morpholine rings is 1. The summed E-state index contributed by atoms with van der Waals surface area (Å²) in [6.07, 6.45) is 3.74. The van der Waals surface area contributed by atoms with Gasteiger partial charge in [0.1, 0.15) is 11.7 Å². The van der Waals surface area contributed by atoms with Crippen LogP contribution in [0.1, 0.15) is 70.2 Å². The monoisotopic (exact) mass is 697 g/mol. The van der Waals surface area contributed by atoms with Gasteiger partial charge in [0.2, 0.25) is 0 Å². The zero-order valence-electron chi connectivity index (χ0n) is 28.2. The van der Waals surface area contributed by atoms with Gasteiger partial charge in [-0.15, -0.1) is 6.58 Å². The maximum Gasteiger partial charge on any atom is 0.261 e. The number of amides is 1. The molecule has 4 aromatic carbocycles. The minimum atomic E-state index is -2.88. The van der Waals surface area contributed by atoms with Gasteiger partial charge in [-0.05, 0) is 76.5 Å². The van der Waals surface area contributed by atoms with Crippen LogP contribution >= 0.6 is 23.2 Å². The molecule has 6 rings (SSSR count). The standard InChI is InChI=1S/C41H45Cl2NO3Si/c1-6-26-41(5)39(45)44(37(30-22-24-32(42)25-23-30)38(47-41)31-14-13-15-33(43)27-31)36(29-20-21-29)28-46-48(40(2,3)4,34-16-9-7-10-17-34)35-18-11-8-12-19-35/h6-19,22-25,27,29,36-38H,1,20-21,26,28H2,2-5H3/t36-,37-,38-,41-/m1/s1. The lowest BCUT2D eigenvalue weighted by molar-refractivity contribution is -0.204. The number of rotatable bonds is 11. The van der Waals surface area contributed by atoms with Crippen LogP contribution in [0.3, 0.4) is 0 Å². The number of hydrogen-bond acceptors (Lipinski definition) is 3. The first-order valence-electron chi connectivity index (χ1n) is 16.9. The van der Waals surface area contributed by atoms with Gasteiger partial charge in [0.05, 0.1) is 18.7 Å². The Hall–Kier alpha value is -3.19. The molecule has 0 unspecified atom stereocenters. The van der Waals surface area contributed by atoms with E-state index in [-0.39, 0.29) is 17.0 Å². The molecule has 4 aromatic rings. The summed E-state index contributed by atoms with van der Waals surface area (Å²) in [5, 5.41) is 3.49. The zero-order valence-corrected chi connectivity index (χ0v) is 30.8. The Morgan fingerprint density at radius 3 is 2.02 bits per heavy atom. The molecule has 4 nitrogen and oxygen atoms in total. The summed E-state index contributed by atoms with van der Waals surface area (Å²) in [6, 6.07) is 36.3. The van der Waals surface area contributed by atoms with Crippen molar-refractivity contribution in [2.75, 3.05) is 6.61 Å². The van der Waals surface area contributed by atoms with Gasteiger partial charge in [-0.2, -0.15) is 0 Å². The molecule has 4 atom stereocenters. The third-order valence-electron chi connectivity index (χ3n) is 9.99. The van der Waals surface area contributed by atoms with Crippen molar-refractivity contribution in [3.05, 3.63) is 143 Å². The number of nitrogens with zero attached hydrogens (tertiary/aromatic N) is 1. The predicted molar refractivity (Wildman–Crippen MR) is 200 cm³/mol. The molecular formula is C41H45Cl2NO3Si. The SMILES string of the molecule is C=CC[C@@]1(C)O[C@H](c2cccc(Cl)c2)[C@@H](c2ccc(Cl)cc2)N([C@H](CO[Si](c2ccccc2)(c2ccccc2)C(C)(C)C)C2CC2)C1=O. The van der Waals surface area contributed by atoms with Crippen LogP contribution in [-0.2, 0) is 14.0 Å². The molecule has 1 aliphatic heterocycles. The highest BCUT2D eigenvalue weighted by molar-refractivity contribution is 6.99. The first-order valence-corrected chi connectivity index (χ1v) is 19.5. The maximum atomic E-state index is 15.0. The number of carbonyl (C=O) groups is 1. The molecule has 1 saturated heterocycles. The van der Waals surface area contributed by atoms with Crippen LogP contribution in [0.15, 0.2) is 122 Å². The number of ether oxygens (including phenoxy) is 1. The molecular weight excluding hydrogens is 653 g/mol. The van der Waals surface area contributed by atoms with Gasteiger partial charge >= 0.3 is 0 Å². The summed E-state index contributed by atoms with van der Waals surface area (Å²) in [6.45, 7) is 13.2. The molecule has 7 heteroatoms. The van der Waals surface area contributed by atoms with Crippen LogP contribution < -0.4 is 10.4 Å². The van der Waals surface area contributed by atoms with E-state index < -0.39 is 26.1 Å². The highest BCUT2D eigenvalue weighted by atomic mass is 35.5. The molecule has 1 heterocycles. The van der Waals surface area contributed by atoms with Gasteiger partial charge in [-0.1, -0.05) is 135 Å². The number of benzene rings is 4. The van der Waals surface area contributed by atoms with Gasteiger partial charge in [0.15, 0.2) is 0 Å². The Morgan fingerprint density at radius 1 is 0.896 bits per heavy atom. The van der Waals surface area contributed by atoms with Crippen LogP contribution in [0, 0.1) is 5.92 Å². The molecule has 250 valence electrons. The van der Waals surface area contributed by atoms with E-state index in [1.54, 1.807) is 6.08 Å². The Morgan fingerprint density at radius 2 is 1.50 bits per heavy atom. The number of carbonyl (C=O) groups excluding carboxylic acids is 1. The van der Waals surface area contributed by atoms with Crippen LogP contribution in [-0.4, -0.2) is 37.4 Å². The lowest BCUT2D eigenvalue weighted by Gasteiger charge is -2.52. The average molecular weight is 699 g/mol. The highest BCUT2D eigenvalue weighted by Gasteiger charge is 2.56. The molecule has 1 saturated carbocycles. The van der Waals surface area contributed by atoms with Crippen LogP contribution in [0.4, 0.5) is 0 Å². The first-order chi connectivity index (χ1) is 23.0. The van der Waals surface area contributed by atoms with E-state index >= 15 is 4.79 Å². The second kappa shape index (κ2) is 14.0. The molecule has 1 aliphatic carbocycles. The Balaban J connectivity index is 1.51. The van der Waals surface area contributed by atoms with E-state index in [9.17, 15) is 0 Å². The summed E-state index contributed by atoms with van der Waals surface area (Å²) in [4.78, 5) is 17.1. The maximum absolute atomic E-state index is 15.0. The lowest BCUT2D eigenvalue weighted by Crippen LogP contribution is -2.68. The molecule has 0 N–H and O–H groups in total. The minimum Gasteiger partial charge on any atom is -0.405 e. The normalized spacial score (nSPS) is 22.4. The van der Waals surface area contributed by atoms with Gasteiger partial charge in [0, 0.05) is 16.5 Å². The van der Waals surface area contributed by atoms with Gasteiger partial charge < -0.3 is 14.1 Å². The Labute approximate surface area is 296 Å². The first kappa shape index (κ1) is 34.7. The summed E-state index contributed by atoms with van der Waals surface area (Å²) in [5.74, 6) is 0.247. The predicted octanol–water partition coefficient (Wildman–Crippen LogP) is 9.32. The molecule has 0 radical (unpaired) electrons. The molecule has 0 spiro atoms. The van der Waals surface area contributed by atoms with Crippen LogP contribution in [0.5, 0.6) is 0 Å². The molecule has 0 aromatic heterocycles. The fourth-order valence-corrected chi connectivity index (χ4v) is 12.4. The smallest absolute Gasteiger partial charge is 0.261 e. The van der Waals surface area contributed by atoms with Gasteiger partial charge in [-0.25, -0.2) is 0 Å². The van der Waals surface area contributed by atoms with Crippen molar-refractivity contribution in [2.24, 2.45) is 5.92 Å². The third-order valence-corrected chi connectivity index (χ3v) is 15.5. The van der Waals surface area contributed by atoms with E-state index in [2.05, 4.69) is 92.9 Å². The van der Waals surface area contributed by atoms with Crippen molar-refractivity contribution in [3.8, 4) is 0 Å². The molecule has 2 fully saturated rings. The minimum absolute atomic E-state index is 0.0522. The number of halogens is 2. The largest absolute Gasteiger partial charge is 0.405 e. The quantitative estimate of drug-likeness (QED) is 0.116. The van der Waals surface area contributed by atoms with Gasteiger partial charge in [0.25, 0.3) is 14.2 Å². The van der Waals surface area contributed by atoms with Crippen LogP contribution in [0.25, 0.3) is 0 Å². The fourth-order valence-electron chi connectivity index (χ4n) is 7.53. The van der Waals surface area contributed by atoms with Gasteiger partial charge in [-0.3, -0.25) is 4.79 Å². The van der Waals surface area contributed by atoms with Crippen molar-refractivity contribution in [1.82, 2.24) is 4.90 Å². The molecule has 48 heavy (non-hydrogen) atoms. The number of hydrogen-bond donors (Lipinski definition) is 0. The summed E-state index contributed by atoms with van der Waals surface area (Å²) < 4.78 is 14.5. The van der Waals surface area contributed by atoms with Crippen molar-refractivity contribution in [2.45, 2.75) is 75.8 Å². The third kappa shape index (κ3) is 6.68. The van der Waals surface area contributed by atoms with Crippen LogP contribution in [0.2, 0.25) is 15.1 Å². The Bertz CT molecular complexity index is 1680. The van der Waals surface area contributed by atoms with E-state index in [0.29, 0.717) is 29.0 Å². The second-order valence-corrected chi connectivity index (χ2v) is 19.6. The second-order valence-electron chi connectivity index (χ2n) is 14.4. The highest BCUT2D eigenvalue weighted by Crippen LogP contribution is 2.51. The van der Waals surface area contributed by atoms with Crippen molar-refractivity contribution < 1.29 is 14.0 Å². The topological polar surface area (TPSA) is 38.8 Å². The fraction of sp³-hybridized carbons (Fsp3) is 0.341. The zero-order chi connectivity index (χ0) is 34.1. The molecule has 0 bridgehead atoms. The van der Waals surface area contributed by atoms with Crippen molar-refractivity contribution >= 4 is 47.8 Å². The summed E-state index contributed by atoms with van der Waals surface area (Å²) in [5.41, 5.74) is 0.745. The van der Waals surface area contributed by atoms with E-state index in [1.165, 1.54) is 10.4 Å². The lowest BCUT2D eigenvalue weighted by atomic mass is 9.85. The molecule has 2 aliphatic rings. The van der Waals surface area contributed by atoms with Crippen molar-refractivity contribution in [3.63, 3.8) is 0 Å². The average Bonchev–Trinajstić information content (AvgIpc) is 3.91. The van der Waals surface area contributed by atoms with E-state index in [1.807, 2.05) is 55.5 Å². The molecule has 1 amide bonds. The van der Waals surface area contributed by atoms with Crippen molar-refractivity contribution in [1.29, 1.82) is 0 Å².